The Bertz CT molecular complexity index is 413. The van der Waals surface area contributed by atoms with Gasteiger partial charge in [-0.05, 0) is 18.6 Å². The van der Waals surface area contributed by atoms with Gasteiger partial charge in [0.05, 0.1) is 0 Å². The minimum absolute atomic E-state index is 0.216. The van der Waals surface area contributed by atoms with E-state index in [0.29, 0.717) is 0 Å². The van der Waals surface area contributed by atoms with Crippen molar-refractivity contribution in [1.29, 1.82) is 0 Å². The van der Waals surface area contributed by atoms with Crippen LogP contribution in [0.2, 0.25) is 0 Å². The van der Waals surface area contributed by atoms with Crippen LogP contribution in [0.15, 0.2) is 36.4 Å². The Hall–Kier alpha value is -2.10. The summed E-state index contributed by atoms with van der Waals surface area (Å²) < 4.78 is 0. The molecular weight excluding hydrogens is 216 g/mol. The van der Waals surface area contributed by atoms with Gasteiger partial charge in [-0.1, -0.05) is 30.3 Å². The van der Waals surface area contributed by atoms with Crippen LogP contribution < -0.4 is 10.6 Å². The second-order valence-electron chi connectivity index (χ2n) is 3.59. The third-order valence-electron chi connectivity index (χ3n) is 2.23. The van der Waals surface area contributed by atoms with Gasteiger partial charge >= 0.3 is 0 Å². The van der Waals surface area contributed by atoms with Gasteiger partial charge in [0.25, 0.3) is 0 Å². The molecule has 1 unspecified atom stereocenters. The van der Waals surface area contributed by atoms with Gasteiger partial charge in [0.2, 0.25) is 11.8 Å². The van der Waals surface area contributed by atoms with Crippen molar-refractivity contribution in [3.8, 4) is 0 Å². The number of rotatable bonds is 4. The fourth-order valence-corrected chi connectivity index (χ4v) is 1.28. The molecule has 4 heteroatoms. The molecule has 0 radical (unpaired) electrons. The topological polar surface area (TPSA) is 58.2 Å². The van der Waals surface area contributed by atoms with Crippen molar-refractivity contribution in [3.63, 3.8) is 0 Å². The van der Waals surface area contributed by atoms with Gasteiger partial charge in [0.1, 0.15) is 6.04 Å². The molecule has 2 amide bonds. The normalized spacial score (nSPS) is 12.1. The van der Waals surface area contributed by atoms with E-state index in [-0.39, 0.29) is 11.8 Å². The first kappa shape index (κ1) is 13.0. The Balaban J connectivity index is 2.50. The highest BCUT2D eigenvalue weighted by Crippen LogP contribution is 2.00. The number of carbonyl (C=O) groups is 2. The third-order valence-corrected chi connectivity index (χ3v) is 2.23. The minimum Gasteiger partial charge on any atom is -0.357 e. The number of carbonyl (C=O) groups excluding carboxylic acids is 2. The van der Waals surface area contributed by atoms with Gasteiger partial charge in [0.15, 0.2) is 0 Å². The Kier molecular flexibility index (Phi) is 4.94. The SMILES string of the molecule is CNC(=O)C(C)NC(=O)C=Cc1ccccc1. The second-order valence-corrected chi connectivity index (χ2v) is 3.59. The zero-order valence-electron chi connectivity index (χ0n) is 9.94. The summed E-state index contributed by atoms with van der Waals surface area (Å²) in [5.74, 6) is -0.503. The van der Waals surface area contributed by atoms with E-state index in [4.69, 9.17) is 0 Å². The van der Waals surface area contributed by atoms with Crippen LogP contribution in [0, 0.1) is 0 Å². The molecule has 17 heavy (non-hydrogen) atoms. The highest BCUT2D eigenvalue weighted by molar-refractivity contribution is 5.95. The van der Waals surface area contributed by atoms with E-state index in [2.05, 4.69) is 10.6 Å². The summed E-state index contributed by atoms with van der Waals surface area (Å²) in [6.45, 7) is 1.63. The maximum atomic E-state index is 11.5. The van der Waals surface area contributed by atoms with Crippen LogP contribution in [0.3, 0.4) is 0 Å². The van der Waals surface area contributed by atoms with Crippen molar-refractivity contribution in [2.75, 3.05) is 7.05 Å². The average molecular weight is 232 g/mol. The molecule has 0 aliphatic carbocycles. The van der Waals surface area contributed by atoms with Crippen molar-refractivity contribution in [2.24, 2.45) is 0 Å². The maximum absolute atomic E-state index is 11.5. The largest absolute Gasteiger partial charge is 0.357 e. The minimum atomic E-state index is -0.534. The molecule has 90 valence electrons. The number of hydrogen-bond acceptors (Lipinski definition) is 2. The van der Waals surface area contributed by atoms with Crippen molar-refractivity contribution < 1.29 is 9.59 Å². The third kappa shape index (κ3) is 4.51. The highest BCUT2D eigenvalue weighted by atomic mass is 16.2. The summed E-state index contributed by atoms with van der Waals surface area (Å²) >= 11 is 0. The van der Waals surface area contributed by atoms with E-state index in [1.807, 2.05) is 30.3 Å². The number of likely N-dealkylation sites (N-methyl/N-ethyl adjacent to an activating group) is 1. The fourth-order valence-electron chi connectivity index (χ4n) is 1.28. The van der Waals surface area contributed by atoms with Crippen LogP contribution in [-0.2, 0) is 9.59 Å². The molecular formula is C13H16N2O2. The van der Waals surface area contributed by atoms with Crippen LogP contribution in [0.4, 0.5) is 0 Å². The van der Waals surface area contributed by atoms with Gasteiger partial charge in [-0.2, -0.15) is 0 Å². The fraction of sp³-hybridized carbons (Fsp3) is 0.231. The van der Waals surface area contributed by atoms with E-state index in [1.165, 1.54) is 13.1 Å². The molecule has 0 heterocycles. The van der Waals surface area contributed by atoms with Gasteiger partial charge in [-0.15, -0.1) is 0 Å². The highest BCUT2D eigenvalue weighted by Gasteiger charge is 2.11. The molecule has 1 rings (SSSR count). The van der Waals surface area contributed by atoms with Crippen LogP contribution in [0.1, 0.15) is 12.5 Å². The van der Waals surface area contributed by atoms with Crippen molar-refractivity contribution in [3.05, 3.63) is 42.0 Å². The summed E-state index contributed by atoms with van der Waals surface area (Å²) in [6, 6.07) is 8.95. The Morgan fingerprint density at radius 2 is 1.88 bits per heavy atom. The molecule has 0 fully saturated rings. The van der Waals surface area contributed by atoms with Gasteiger partial charge in [-0.3, -0.25) is 9.59 Å². The quantitative estimate of drug-likeness (QED) is 0.759. The monoisotopic (exact) mass is 232 g/mol. The van der Waals surface area contributed by atoms with E-state index >= 15 is 0 Å². The summed E-state index contributed by atoms with van der Waals surface area (Å²) in [5, 5.41) is 5.03. The van der Waals surface area contributed by atoms with Gasteiger partial charge < -0.3 is 10.6 Å². The molecule has 1 aromatic rings. The number of benzene rings is 1. The second kappa shape index (κ2) is 6.48. The Labute approximate surface area is 101 Å². The van der Waals surface area contributed by atoms with E-state index in [1.54, 1.807) is 13.0 Å². The number of amides is 2. The molecule has 1 atom stereocenters. The van der Waals surface area contributed by atoms with Gasteiger partial charge in [0, 0.05) is 13.1 Å². The molecule has 2 N–H and O–H groups in total. The predicted octanol–water partition coefficient (Wildman–Crippen LogP) is 0.950. The lowest BCUT2D eigenvalue weighted by Gasteiger charge is -2.09. The Morgan fingerprint density at radius 3 is 2.47 bits per heavy atom. The molecule has 0 aliphatic rings. The predicted molar refractivity (Wildman–Crippen MR) is 67.1 cm³/mol. The molecule has 0 saturated carbocycles. The number of nitrogens with one attached hydrogen (secondary N) is 2. The molecule has 0 bridgehead atoms. The Morgan fingerprint density at radius 1 is 1.24 bits per heavy atom. The lowest BCUT2D eigenvalue weighted by atomic mass is 10.2. The molecule has 4 nitrogen and oxygen atoms in total. The van der Waals surface area contributed by atoms with Crippen LogP contribution in [0.5, 0.6) is 0 Å². The molecule has 0 aromatic heterocycles. The zero-order valence-corrected chi connectivity index (χ0v) is 9.94. The van der Waals surface area contributed by atoms with E-state index in [0.717, 1.165) is 5.56 Å². The lowest BCUT2D eigenvalue weighted by molar-refractivity contribution is -0.126. The first-order chi connectivity index (χ1) is 8.13. The maximum Gasteiger partial charge on any atom is 0.244 e. The first-order valence-corrected chi connectivity index (χ1v) is 5.38. The van der Waals surface area contributed by atoms with Crippen LogP contribution >= 0.6 is 0 Å². The van der Waals surface area contributed by atoms with Gasteiger partial charge in [-0.25, -0.2) is 0 Å². The molecule has 1 aromatic carbocycles. The molecule has 0 spiro atoms. The molecule has 0 aliphatic heterocycles. The van der Waals surface area contributed by atoms with E-state index < -0.39 is 6.04 Å². The standard InChI is InChI=1S/C13H16N2O2/c1-10(13(17)14-2)15-12(16)9-8-11-6-4-3-5-7-11/h3-10H,1-2H3,(H,14,17)(H,15,16). The summed E-state index contributed by atoms with van der Waals surface area (Å²) in [5.41, 5.74) is 0.940. The van der Waals surface area contributed by atoms with Crippen molar-refractivity contribution in [2.45, 2.75) is 13.0 Å². The summed E-state index contributed by atoms with van der Waals surface area (Å²) in [7, 11) is 1.53. The smallest absolute Gasteiger partial charge is 0.244 e. The summed E-state index contributed by atoms with van der Waals surface area (Å²) in [6.07, 6.45) is 3.11. The van der Waals surface area contributed by atoms with Crippen molar-refractivity contribution >= 4 is 17.9 Å². The van der Waals surface area contributed by atoms with Crippen molar-refractivity contribution in [1.82, 2.24) is 10.6 Å². The zero-order chi connectivity index (χ0) is 12.7. The van der Waals surface area contributed by atoms with Crippen LogP contribution in [-0.4, -0.2) is 24.9 Å². The van der Waals surface area contributed by atoms with Crippen LogP contribution in [0.25, 0.3) is 6.08 Å². The average Bonchev–Trinajstić information content (AvgIpc) is 2.36. The first-order valence-electron chi connectivity index (χ1n) is 5.38. The summed E-state index contributed by atoms with van der Waals surface area (Å²) in [4.78, 5) is 22.6. The van der Waals surface area contributed by atoms with E-state index in [9.17, 15) is 9.59 Å². The molecule has 0 saturated heterocycles. The number of hydrogen-bond donors (Lipinski definition) is 2. The lowest BCUT2D eigenvalue weighted by Crippen LogP contribution is -2.42.